The zero-order valence-electron chi connectivity index (χ0n) is 5.66. The van der Waals surface area contributed by atoms with Crippen LogP contribution in [0.15, 0.2) is 0 Å². The second-order valence-corrected chi connectivity index (χ2v) is 2.41. The van der Waals surface area contributed by atoms with E-state index < -0.39 is 0 Å². The van der Waals surface area contributed by atoms with Gasteiger partial charge in [-0.05, 0) is 18.4 Å². The van der Waals surface area contributed by atoms with Crippen molar-refractivity contribution in [1.82, 2.24) is 5.01 Å². The molecule has 0 aromatic rings. The van der Waals surface area contributed by atoms with Crippen molar-refractivity contribution in [3.05, 3.63) is 5.21 Å². The van der Waals surface area contributed by atoms with Crippen LogP contribution in [0.5, 0.6) is 0 Å². The van der Waals surface area contributed by atoms with Gasteiger partial charge in [-0.25, -0.2) is 0 Å². The van der Waals surface area contributed by atoms with Gasteiger partial charge in [0.05, 0.1) is 13.2 Å². The molecule has 0 amide bonds. The Balaban J connectivity index is 0.000001000. The molecule has 60 valence electrons. The molecule has 0 bridgehead atoms. The van der Waals surface area contributed by atoms with Gasteiger partial charge in [-0.2, -0.15) is 0 Å². The summed E-state index contributed by atoms with van der Waals surface area (Å²) in [6.45, 7) is 0.565. The number of hydrazine groups is 1. The van der Waals surface area contributed by atoms with Gasteiger partial charge in [0.15, 0.2) is 0 Å². The van der Waals surface area contributed by atoms with E-state index in [4.69, 9.17) is 10.6 Å². The van der Waals surface area contributed by atoms with Gasteiger partial charge in [-0.15, -0.1) is 5.01 Å². The molecule has 0 radical (unpaired) electrons. The zero-order chi connectivity index (χ0) is 7.56. The Hall–Kier alpha value is 0.160. The van der Waals surface area contributed by atoms with Crippen molar-refractivity contribution in [3.8, 4) is 0 Å². The quantitative estimate of drug-likeness (QED) is 0.247. The fourth-order valence-electron chi connectivity index (χ4n) is 1.25. The van der Waals surface area contributed by atoms with E-state index in [-0.39, 0.29) is 47.2 Å². The molecule has 1 unspecified atom stereocenters. The number of hydrogen-bond donors (Lipinski definition) is 2. The summed E-state index contributed by atoms with van der Waals surface area (Å²) >= 11 is 0. The molecule has 0 aromatic heterocycles. The molecule has 1 saturated heterocycles. The van der Waals surface area contributed by atoms with Gasteiger partial charge in [0.25, 0.3) is 0 Å². The van der Waals surface area contributed by atoms with Crippen molar-refractivity contribution in [2.75, 3.05) is 13.2 Å². The molecule has 5 nitrogen and oxygen atoms in total. The first-order valence-electron chi connectivity index (χ1n) is 3.31. The fraction of sp³-hybridized carbons (Fsp3) is 1.00. The molecule has 6 heteroatoms. The monoisotopic (exact) mass is 169 g/mol. The van der Waals surface area contributed by atoms with Crippen molar-refractivity contribution in [2.45, 2.75) is 18.9 Å². The average molecular weight is 169 g/mol. The predicted molar refractivity (Wildman–Crippen MR) is 40.3 cm³/mol. The summed E-state index contributed by atoms with van der Waals surface area (Å²) < 4.78 is 0. The molecule has 1 fully saturated rings. The van der Waals surface area contributed by atoms with Crippen LogP contribution in [-0.2, 0) is 0 Å². The Labute approximate surface area is 87.3 Å². The van der Waals surface area contributed by atoms with Gasteiger partial charge < -0.3 is 10.3 Å². The summed E-state index contributed by atoms with van der Waals surface area (Å²) in [6, 6.07) is -0.130. The summed E-state index contributed by atoms with van der Waals surface area (Å²) in [6.07, 6.45) is 1.71. The van der Waals surface area contributed by atoms with Crippen molar-refractivity contribution in [3.63, 3.8) is 0 Å². The van der Waals surface area contributed by atoms with Crippen LogP contribution in [0, 0.1) is 10.7 Å². The molecular weight excluding hydrogens is 157 g/mol. The van der Waals surface area contributed by atoms with Crippen LogP contribution in [0.1, 0.15) is 12.8 Å². The minimum atomic E-state index is -0.130. The first kappa shape index (κ1) is 11.2. The van der Waals surface area contributed by atoms with Gasteiger partial charge in [0.1, 0.15) is 6.04 Å². The molecule has 1 rings (SSSR count). The Morgan fingerprint density at radius 2 is 2.36 bits per heavy atom. The maximum atomic E-state index is 10.4. The summed E-state index contributed by atoms with van der Waals surface area (Å²) in [4.78, 5) is 0.0634. The molecule has 1 heterocycles. The van der Waals surface area contributed by atoms with Gasteiger partial charge >= 0.3 is 29.6 Å². The van der Waals surface area contributed by atoms with Crippen molar-refractivity contribution in [2.24, 2.45) is 0 Å². The molecule has 1 aliphatic heterocycles. The SMILES string of the molecule is N=[N+]([O-])N1CCCC1CO.[NaH]. The molecule has 0 aliphatic carbocycles. The van der Waals surface area contributed by atoms with Crippen LogP contribution in [0.4, 0.5) is 0 Å². The van der Waals surface area contributed by atoms with Crippen LogP contribution >= 0.6 is 0 Å². The van der Waals surface area contributed by atoms with Crippen LogP contribution in [0.2, 0.25) is 0 Å². The van der Waals surface area contributed by atoms with Gasteiger partial charge in [0.2, 0.25) is 0 Å². The second-order valence-electron chi connectivity index (χ2n) is 2.41. The normalized spacial score (nSPS) is 23.0. The molecule has 11 heavy (non-hydrogen) atoms. The molecule has 0 aromatic carbocycles. The zero-order valence-corrected chi connectivity index (χ0v) is 5.66. The van der Waals surface area contributed by atoms with E-state index in [0.29, 0.717) is 6.54 Å². The number of aliphatic hydroxyl groups is 1. The van der Waals surface area contributed by atoms with E-state index >= 15 is 0 Å². The fourth-order valence-corrected chi connectivity index (χ4v) is 1.25. The summed E-state index contributed by atoms with van der Waals surface area (Å²) in [7, 11) is 0. The standard InChI is InChI=1S/C5H11N3O2.Na.H/c6-8(10)7-3-1-2-5(7)4-9;;/h5-6,9H,1-4H2;;. The van der Waals surface area contributed by atoms with E-state index in [1.165, 1.54) is 5.01 Å². The average Bonchev–Trinajstić information content (AvgIpc) is 2.33. The van der Waals surface area contributed by atoms with Crippen molar-refractivity contribution < 1.29 is 10.1 Å². The first-order chi connectivity index (χ1) is 4.75. The molecule has 1 atom stereocenters. The first-order valence-corrected chi connectivity index (χ1v) is 3.31. The van der Waals surface area contributed by atoms with Crippen molar-refractivity contribution >= 4 is 29.6 Å². The van der Waals surface area contributed by atoms with Crippen molar-refractivity contribution in [1.29, 1.82) is 5.53 Å². The van der Waals surface area contributed by atoms with Gasteiger partial charge in [-0.1, -0.05) is 0 Å². The second kappa shape index (κ2) is 4.92. The van der Waals surface area contributed by atoms with Gasteiger partial charge in [-0.3, -0.25) is 0 Å². The summed E-state index contributed by atoms with van der Waals surface area (Å²) in [5.41, 5.74) is 6.70. The van der Waals surface area contributed by atoms with E-state index in [9.17, 15) is 5.21 Å². The third-order valence-corrected chi connectivity index (χ3v) is 1.79. The van der Waals surface area contributed by atoms with Crippen LogP contribution < -0.4 is 0 Å². The number of aliphatic hydroxyl groups excluding tert-OH is 1. The summed E-state index contributed by atoms with van der Waals surface area (Å²) in [5, 5.41) is 20.4. The number of hydrogen-bond acceptors (Lipinski definition) is 3. The van der Waals surface area contributed by atoms with E-state index in [0.717, 1.165) is 12.8 Å². The van der Waals surface area contributed by atoms with Crippen LogP contribution in [0.25, 0.3) is 0 Å². The Kier molecular flexibility index (Phi) is 4.99. The third-order valence-electron chi connectivity index (χ3n) is 1.79. The van der Waals surface area contributed by atoms with Gasteiger partial charge in [0, 0.05) is 4.97 Å². The number of nitrogens with one attached hydrogen (secondary N) is 1. The molecule has 1 aliphatic rings. The molecule has 0 saturated carbocycles. The number of rotatable bonds is 2. The van der Waals surface area contributed by atoms with E-state index in [1.54, 1.807) is 0 Å². The molecule has 2 N–H and O–H groups in total. The van der Waals surface area contributed by atoms with Crippen LogP contribution in [0.3, 0.4) is 0 Å². The Bertz CT molecular complexity index is 144. The minimum absolute atomic E-state index is 0. The van der Waals surface area contributed by atoms with E-state index in [1.807, 2.05) is 0 Å². The topological polar surface area (TPSA) is 73.4 Å². The molecule has 0 spiro atoms. The maximum absolute atomic E-state index is 10.4. The molecular formula is C5H12N3NaO2. The van der Waals surface area contributed by atoms with E-state index in [2.05, 4.69) is 0 Å². The summed E-state index contributed by atoms with van der Waals surface area (Å²) in [5.74, 6) is 0. The Morgan fingerprint density at radius 3 is 2.73 bits per heavy atom. The predicted octanol–water partition coefficient (Wildman–Crippen LogP) is -0.749. The Morgan fingerprint density at radius 1 is 1.73 bits per heavy atom. The number of nitrogens with zero attached hydrogens (tertiary/aromatic N) is 2. The third kappa shape index (κ3) is 2.59. The van der Waals surface area contributed by atoms with Crippen LogP contribution in [-0.4, -0.2) is 63.8 Å².